The first kappa shape index (κ1) is 29.3. The number of rotatable bonds is 14. The highest BCUT2D eigenvalue weighted by Crippen LogP contribution is 2.19. The van der Waals surface area contributed by atoms with Gasteiger partial charge in [-0.15, -0.1) is 0 Å². The lowest BCUT2D eigenvalue weighted by Gasteiger charge is -2.25. The van der Waals surface area contributed by atoms with Gasteiger partial charge < -0.3 is 42.6 Å². The number of hydrogen-bond acceptors (Lipinski definition) is 7. The van der Waals surface area contributed by atoms with Crippen LogP contribution in [0.3, 0.4) is 0 Å². The SMILES string of the molecule is CC(C)CC(NC(=O)C(Cc1c[nH]c2ccccc12)NC(=O)C(CO)NC(=O)C(N)CC(N)=O)C(=O)O. The number of nitrogens with two attached hydrogens (primary N) is 2. The number of carbonyl (C=O) groups excluding carboxylic acids is 4. The van der Waals surface area contributed by atoms with Gasteiger partial charge in [0, 0.05) is 23.5 Å². The van der Waals surface area contributed by atoms with Gasteiger partial charge in [-0.2, -0.15) is 0 Å². The molecular weight excluding hydrogens is 484 g/mol. The fraction of sp³-hybridized carbons (Fsp3) is 0.458. The summed E-state index contributed by atoms with van der Waals surface area (Å²) in [5.74, 6) is -4.62. The van der Waals surface area contributed by atoms with Gasteiger partial charge in [-0.1, -0.05) is 32.0 Å². The molecule has 0 aliphatic carbocycles. The number of carboxylic acid groups (broad SMARTS) is 1. The van der Waals surface area contributed by atoms with Crippen molar-refractivity contribution >= 4 is 40.5 Å². The maximum Gasteiger partial charge on any atom is 0.326 e. The molecule has 37 heavy (non-hydrogen) atoms. The molecule has 1 aromatic heterocycles. The molecule has 2 aromatic rings. The van der Waals surface area contributed by atoms with E-state index in [4.69, 9.17) is 11.5 Å². The lowest BCUT2D eigenvalue weighted by Crippen LogP contribution is -2.58. The minimum Gasteiger partial charge on any atom is -0.480 e. The number of amides is 4. The molecule has 202 valence electrons. The van der Waals surface area contributed by atoms with Crippen LogP contribution in [-0.4, -0.2) is 75.6 Å². The van der Waals surface area contributed by atoms with Gasteiger partial charge in [-0.25, -0.2) is 4.79 Å². The Kier molecular flexibility index (Phi) is 10.6. The van der Waals surface area contributed by atoms with Crippen molar-refractivity contribution in [1.29, 1.82) is 0 Å². The van der Waals surface area contributed by atoms with E-state index in [0.29, 0.717) is 5.56 Å². The van der Waals surface area contributed by atoms with Crippen LogP contribution in [0, 0.1) is 5.92 Å². The number of carbonyl (C=O) groups is 5. The molecule has 0 spiro atoms. The van der Waals surface area contributed by atoms with Crippen LogP contribution in [0.2, 0.25) is 0 Å². The monoisotopic (exact) mass is 518 g/mol. The van der Waals surface area contributed by atoms with E-state index in [-0.39, 0.29) is 18.8 Å². The second kappa shape index (κ2) is 13.4. The summed E-state index contributed by atoms with van der Waals surface area (Å²) in [5, 5.41) is 27.2. The summed E-state index contributed by atoms with van der Waals surface area (Å²) in [7, 11) is 0. The summed E-state index contributed by atoms with van der Waals surface area (Å²) < 4.78 is 0. The van der Waals surface area contributed by atoms with Crippen LogP contribution in [0.25, 0.3) is 10.9 Å². The first-order valence-electron chi connectivity index (χ1n) is 11.8. The zero-order valence-corrected chi connectivity index (χ0v) is 20.7. The zero-order chi connectivity index (χ0) is 27.7. The second-order valence-corrected chi connectivity index (χ2v) is 9.17. The number of aliphatic hydroxyl groups excluding tert-OH is 1. The van der Waals surface area contributed by atoms with Crippen molar-refractivity contribution in [3.8, 4) is 0 Å². The third-order valence-electron chi connectivity index (χ3n) is 5.63. The Morgan fingerprint density at radius 2 is 1.54 bits per heavy atom. The van der Waals surface area contributed by atoms with E-state index >= 15 is 0 Å². The molecule has 0 fully saturated rings. The third kappa shape index (κ3) is 8.58. The van der Waals surface area contributed by atoms with Crippen LogP contribution in [0.5, 0.6) is 0 Å². The maximum atomic E-state index is 13.2. The average molecular weight is 519 g/mol. The van der Waals surface area contributed by atoms with Crippen LogP contribution in [0.4, 0.5) is 0 Å². The van der Waals surface area contributed by atoms with Crippen molar-refractivity contribution < 1.29 is 34.2 Å². The van der Waals surface area contributed by atoms with Gasteiger partial charge >= 0.3 is 5.97 Å². The number of aliphatic carboxylic acids is 1. The standard InChI is InChI=1S/C24H34N6O7/c1-12(2)7-18(24(36)37)29-22(34)17(8-13-10-27-16-6-4-3-5-14(13)16)28-23(35)19(11-31)30-21(33)15(25)9-20(26)32/h3-6,10,12,15,17-19,27,31H,7-9,11,25H2,1-2H3,(H2,26,32)(H,28,35)(H,29,34)(H,30,33)(H,36,37). The number of aromatic nitrogens is 1. The van der Waals surface area contributed by atoms with Crippen molar-refractivity contribution in [2.75, 3.05) is 6.61 Å². The highest BCUT2D eigenvalue weighted by Gasteiger charge is 2.31. The van der Waals surface area contributed by atoms with E-state index in [0.717, 1.165) is 10.9 Å². The predicted molar refractivity (Wildman–Crippen MR) is 134 cm³/mol. The molecule has 4 amide bonds. The van der Waals surface area contributed by atoms with Gasteiger partial charge in [0.2, 0.25) is 23.6 Å². The lowest BCUT2D eigenvalue weighted by atomic mass is 10.0. The van der Waals surface area contributed by atoms with Gasteiger partial charge in [-0.3, -0.25) is 19.2 Å². The molecule has 1 aromatic carbocycles. The third-order valence-corrected chi connectivity index (χ3v) is 5.63. The molecule has 10 N–H and O–H groups in total. The first-order valence-corrected chi connectivity index (χ1v) is 11.8. The molecule has 4 atom stereocenters. The Morgan fingerprint density at radius 3 is 2.14 bits per heavy atom. The van der Waals surface area contributed by atoms with E-state index < -0.39 is 66.8 Å². The maximum absolute atomic E-state index is 13.2. The van der Waals surface area contributed by atoms with Crippen molar-refractivity contribution in [2.45, 2.75) is 57.3 Å². The molecule has 13 nitrogen and oxygen atoms in total. The number of para-hydroxylation sites is 1. The summed E-state index contributed by atoms with van der Waals surface area (Å²) >= 11 is 0. The Balaban J connectivity index is 2.26. The fourth-order valence-electron chi connectivity index (χ4n) is 3.75. The highest BCUT2D eigenvalue weighted by atomic mass is 16.4. The zero-order valence-electron chi connectivity index (χ0n) is 20.7. The fourth-order valence-corrected chi connectivity index (χ4v) is 3.75. The van der Waals surface area contributed by atoms with Gasteiger partial charge in [0.25, 0.3) is 0 Å². The summed E-state index contributed by atoms with van der Waals surface area (Å²) in [5.41, 5.74) is 12.1. The Hall–Kier alpha value is -3.97. The first-order chi connectivity index (χ1) is 17.4. The van der Waals surface area contributed by atoms with Crippen molar-refractivity contribution in [2.24, 2.45) is 17.4 Å². The average Bonchev–Trinajstić information content (AvgIpc) is 3.23. The molecule has 2 rings (SSSR count). The van der Waals surface area contributed by atoms with Crippen LogP contribution < -0.4 is 27.4 Å². The molecule has 0 saturated carbocycles. The Morgan fingerprint density at radius 1 is 0.946 bits per heavy atom. The van der Waals surface area contributed by atoms with Crippen molar-refractivity contribution in [1.82, 2.24) is 20.9 Å². The van der Waals surface area contributed by atoms with Gasteiger partial charge in [0.05, 0.1) is 19.1 Å². The number of nitrogens with one attached hydrogen (secondary N) is 4. The number of H-pyrrole nitrogens is 1. The molecule has 4 unspecified atom stereocenters. The summed E-state index contributed by atoms with van der Waals surface area (Å²) in [4.78, 5) is 64.1. The summed E-state index contributed by atoms with van der Waals surface area (Å²) in [6, 6.07) is 2.04. The van der Waals surface area contributed by atoms with E-state index in [9.17, 15) is 34.2 Å². The Bertz CT molecular complexity index is 1130. The molecule has 0 radical (unpaired) electrons. The summed E-state index contributed by atoms with van der Waals surface area (Å²) in [6.45, 7) is 2.79. The largest absolute Gasteiger partial charge is 0.480 e. The van der Waals surface area contributed by atoms with Crippen LogP contribution >= 0.6 is 0 Å². The lowest BCUT2D eigenvalue weighted by molar-refractivity contribution is -0.142. The van der Waals surface area contributed by atoms with Gasteiger partial charge in [0.1, 0.15) is 18.1 Å². The Labute approximate surface area is 213 Å². The molecule has 0 aliphatic heterocycles. The van der Waals surface area contributed by atoms with Crippen LogP contribution in [0.1, 0.15) is 32.3 Å². The molecule has 1 heterocycles. The predicted octanol–water partition coefficient (Wildman–Crippen LogP) is -1.51. The second-order valence-electron chi connectivity index (χ2n) is 9.17. The number of primary amides is 1. The van der Waals surface area contributed by atoms with E-state index in [1.165, 1.54) is 0 Å². The smallest absolute Gasteiger partial charge is 0.326 e. The molecular formula is C24H34N6O7. The van der Waals surface area contributed by atoms with Crippen LogP contribution in [-0.2, 0) is 30.4 Å². The normalized spacial score (nSPS) is 14.4. The van der Waals surface area contributed by atoms with Crippen molar-refractivity contribution in [3.05, 3.63) is 36.0 Å². The van der Waals surface area contributed by atoms with Gasteiger partial charge in [-0.05, 0) is 24.0 Å². The van der Waals surface area contributed by atoms with Gasteiger partial charge in [0.15, 0.2) is 0 Å². The van der Waals surface area contributed by atoms with Crippen LogP contribution in [0.15, 0.2) is 30.5 Å². The minimum absolute atomic E-state index is 0.0110. The number of fused-ring (bicyclic) bond motifs is 1. The number of aromatic amines is 1. The summed E-state index contributed by atoms with van der Waals surface area (Å²) in [6.07, 6.45) is 1.36. The molecule has 0 aliphatic rings. The van der Waals surface area contributed by atoms with E-state index in [1.807, 2.05) is 38.1 Å². The molecule has 0 bridgehead atoms. The van der Waals surface area contributed by atoms with E-state index in [1.54, 1.807) is 6.20 Å². The topological polar surface area (TPSA) is 230 Å². The van der Waals surface area contributed by atoms with E-state index in [2.05, 4.69) is 20.9 Å². The molecule has 13 heteroatoms. The molecule has 0 saturated heterocycles. The number of benzene rings is 1. The number of aliphatic hydroxyl groups is 1. The minimum atomic E-state index is -1.49. The number of hydrogen-bond donors (Lipinski definition) is 8. The highest BCUT2D eigenvalue weighted by molar-refractivity contribution is 5.95. The van der Waals surface area contributed by atoms with Crippen molar-refractivity contribution in [3.63, 3.8) is 0 Å². The number of carboxylic acids is 1. The quantitative estimate of drug-likeness (QED) is 0.146.